The molecule has 0 aliphatic carbocycles. The highest BCUT2D eigenvalue weighted by Gasteiger charge is 2.17. The van der Waals surface area contributed by atoms with Crippen LogP contribution in [0.4, 0.5) is 0 Å². The Morgan fingerprint density at radius 3 is 2.42 bits per heavy atom. The molecule has 1 rings (SSSR count). The Balaban J connectivity index is 2.89. The van der Waals surface area contributed by atoms with Crippen molar-refractivity contribution in [3.8, 4) is 0 Å². The van der Waals surface area contributed by atoms with E-state index >= 15 is 0 Å². The zero-order valence-corrected chi connectivity index (χ0v) is 11.3. The van der Waals surface area contributed by atoms with E-state index in [0.29, 0.717) is 5.56 Å². The molecule has 0 unspecified atom stereocenters. The minimum atomic E-state index is -0.144. The van der Waals surface area contributed by atoms with E-state index in [2.05, 4.69) is 5.32 Å². The third kappa shape index (κ3) is 4.63. The van der Waals surface area contributed by atoms with Crippen LogP contribution >= 0.6 is 0 Å². The van der Waals surface area contributed by atoms with Gasteiger partial charge in [-0.3, -0.25) is 4.79 Å². The quantitative estimate of drug-likeness (QED) is 0.613. The van der Waals surface area contributed by atoms with Gasteiger partial charge >= 0.3 is 0 Å². The lowest BCUT2D eigenvalue weighted by atomic mass is 10.0. The number of hydrogen-bond donors (Lipinski definition) is 3. The van der Waals surface area contributed by atoms with Crippen molar-refractivity contribution in [2.24, 2.45) is 0 Å². The Morgan fingerprint density at radius 1 is 1.21 bits per heavy atom. The summed E-state index contributed by atoms with van der Waals surface area (Å²) in [5.74, 6) is -0.144. The summed E-state index contributed by atoms with van der Waals surface area (Å²) in [6.07, 6.45) is 0.768. The fourth-order valence-corrected chi connectivity index (χ4v) is 1.93. The molecule has 1 amide bonds. The van der Waals surface area contributed by atoms with E-state index in [9.17, 15) is 4.79 Å². The van der Waals surface area contributed by atoms with Crippen molar-refractivity contribution in [1.82, 2.24) is 10.2 Å². The Labute approximate surface area is 113 Å². The molecule has 0 heterocycles. The van der Waals surface area contributed by atoms with E-state index in [0.717, 1.165) is 18.5 Å². The van der Waals surface area contributed by atoms with Crippen LogP contribution in [0.2, 0.25) is 0 Å². The number of carbonyl (C=O) groups excluding carboxylic acids is 1. The number of amides is 1. The van der Waals surface area contributed by atoms with Gasteiger partial charge in [-0.15, -0.1) is 0 Å². The summed E-state index contributed by atoms with van der Waals surface area (Å²) >= 11 is 0. The Morgan fingerprint density at radius 2 is 1.84 bits per heavy atom. The van der Waals surface area contributed by atoms with Crippen molar-refractivity contribution < 1.29 is 15.0 Å². The van der Waals surface area contributed by atoms with Gasteiger partial charge in [0.25, 0.3) is 5.91 Å². The molecule has 1 aromatic rings. The number of benzene rings is 1. The molecule has 5 nitrogen and oxygen atoms in total. The number of aliphatic hydroxyl groups excluding tert-OH is 2. The van der Waals surface area contributed by atoms with Crippen LogP contribution in [0.15, 0.2) is 24.3 Å². The van der Waals surface area contributed by atoms with Gasteiger partial charge in [-0.05, 0) is 31.6 Å². The second kappa shape index (κ2) is 8.63. The van der Waals surface area contributed by atoms with E-state index < -0.39 is 0 Å². The SMILES string of the molecule is CNCCc1ccccc1C(=O)N(CCO)CCO. The molecular formula is C14H22N2O3. The minimum absolute atomic E-state index is 0.107. The molecule has 106 valence electrons. The predicted molar refractivity (Wildman–Crippen MR) is 74.1 cm³/mol. The van der Waals surface area contributed by atoms with Gasteiger partial charge in [0, 0.05) is 18.7 Å². The number of nitrogens with one attached hydrogen (secondary N) is 1. The molecule has 0 aliphatic rings. The monoisotopic (exact) mass is 266 g/mol. The van der Waals surface area contributed by atoms with Crippen molar-refractivity contribution in [3.63, 3.8) is 0 Å². The molecule has 0 atom stereocenters. The number of nitrogens with zero attached hydrogens (tertiary/aromatic N) is 1. The molecule has 0 saturated carbocycles. The van der Waals surface area contributed by atoms with E-state index in [1.54, 1.807) is 6.07 Å². The molecule has 0 saturated heterocycles. The molecule has 3 N–H and O–H groups in total. The van der Waals surface area contributed by atoms with Crippen LogP contribution in [0.1, 0.15) is 15.9 Å². The Kier molecular flexibility index (Phi) is 7.10. The summed E-state index contributed by atoms with van der Waals surface area (Å²) in [5.41, 5.74) is 1.61. The molecular weight excluding hydrogens is 244 g/mol. The normalized spacial score (nSPS) is 10.5. The highest BCUT2D eigenvalue weighted by atomic mass is 16.3. The van der Waals surface area contributed by atoms with Crippen LogP contribution in [0.5, 0.6) is 0 Å². The summed E-state index contributed by atoms with van der Waals surface area (Å²) in [4.78, 5) is 13.9. The van der Waals surface area contributed by atoms with E-state index in [1.165, 1.54) is 4.90 Å². The van der Waals surface area contributed by atoms with Gasteiger partial charge in [0.1, 0.15) is 0 Å². The molecule has 0 aromatic heterocycles. The van der Waals surface area contributed by atoms with Crippen molar-refractivity contribution >= 4 is 5.91 Å². The van der Waals surface area contributed by atoms with Crippen molar-refractivity contribution in [2.45, 2.75) is 6.42 Å². The van der Waals surface area contributed by atoms with Gasteiger partial charge in [-0.2, -0.15) is 0 Å². The first-order valence-electron chi connectivity index (χ1n) is 6.48. The Bertz CT molecular complexity index is 390. The number of carbonyl (C=O) groups is 1. The van der Waals surface area contributed by atoms with Gasteiger partial charge in [0.15, 0.2) is 0 Å². The maximum atomic E-state index is 12.4. The third-order valence-corrected chi connectivity index (χ3v) is 2.92. The molecule has 0 aliphatic heterocycles. The number of likely N-dealkylation sites (N-methyl/N-ethyl adjacent to an activating group) is 1. The molecule has 0 fully saturated rings. The van der Waals surface area contributed by atoms with E-state index in [4.69, 9.17) is 10.2 Å². The van der Waals surface area contributed by atoms with Gasteiger partial charge in [-0.25, -0.2) is 0 Å². The highest BCUT2D eigenvalue weighted by Crippen LogP contribution is 2.12. The second-order valence-electron chi connectivity index (χ2n) is 4.25. The molecule has 1 aromatic carbocycles. The highest BCUT2D eigenvalue weighted by molar-refractivity contribution is 5.95. The second-order valence-corrected chi connectivity index (χ2v) is 4.25. The molecule has 0 radical (unpaired) electrons. The summed E-state index contributed by atoms with van der Waals surface area (Å²) < 4.78 is 0. The average Bonchev–Trinajstić information content (AvgIpc) is 2.44. The van der Waals surface area contributed by atoms with Crippen molar-refractivity contribution in [3.05, 3.63) is 35.4 Å². The molecule has 0 bridgehead atoms. The summed E-state index contributed by atoms with van der Waals surface area (Å²) in [6.45, 7) is 1.05. The smallest absolute Gasteiger partial charge is 0.254 e. The standard InChI is InChI=1S/C14H22N2O3/c1-15-7-6-12-4-2-3-5-13(12)14(19)16(8-10-17)9-11-18/h2-5,15,17-18H,6-11H2,1H3. The predicted octanol–water partition coefficient (Wildman–Crippen LogP) is -0.125. The van der Waals surface area contributed by atoms with Crippen molar-refractivity contribution in [2.75, 3.05) is 39.9 Å². The number of hydrogen-bond acceptors (Lipinski definition) is 4. The lowest BCUT2D eigenvalue weighted by Gasteiger charge is -2.22. The first kappa shape index (κ1) is 15.6. The molecule has 5 heteroatoms. The Hall–Kier alpha value is -1.43. The minimum Gasteiger partial charge on any atom is -0.395 e. The van der Waals surface area contributed by atoms with Crippen LogP contribution in [0, 0.1) is 0 Å². The summed E-state index contributed by atoms with van der Waals surface area (Å²) in [7, 11) is 1.87. The summed E-state index contributed by atoms with van der Waals surface area (Å²) in [5, 5.41) is 21.0. The maximum Gasteiger partial charge on any atom is 0.254 e. The average molecular weight is 266 g/mol. The van der Waals surface area contributed by atoms with Crippen LogP contribution in [-0.2, 0) is 6.42 Å². The zero-order valence-electron chi connectivity index (χ0n) is 11.3. The van der Waals surface area contributed by atoms with Gasteiger partial charge in [-0.1, -0.05) is 18.2 Å². The van der Waals surface area contributed by atoms with Crippen LogP contribution in [0.3, 0.4) is 0 Å². The van der Waals surface area contributed by atoms with Crippen molar-refractivity contribution in [1.29, 1.82) is 0 Å². The first-order valence-corrected chi connectivity index (χ1v) is 6.48. The molecule has 19 heavy (non-hydrogen) atoms. The van der Waals surface area contributed by atoms with Gasteiger partial charge in [0.05, 0.1) is 13.2 Å². The molecule has 0 spiro atoms. The van der Waals surface area contributed by atoms with Crippen LogP contribution < -0.4 is 5.32 Å². The van der Waals surface area contributed by atoms with Crippen LogP contribution in [-0.4, -0.2) is 60.9 Å². The van der Waals surface area contributed by atoms with Gasteiger partial charge in [0.2, 0.25) is 0 Å². The largest absolute Gasteiger partial charge is 0.395 e. The van der Waals surface area contributed by atoms with E-state index in [-0.39, 0.29) is 32.2 Å². The first-order chi connectivity index (χ1) is 9.24. The zero-order chi connectivity index (χ0) is 14.1. The fraction of sp³-hybridized carbons (Fsp3) is 0.500. The fourth-order valence-electron chi connectivity index (χ4n) is 1.93. The topological polar surface area (TPSA) is 72.8 Å². The number of rotatable bonds is 8. The van der Waals surface area contributed by atoms with E-state index in [1.807, 2.05) is 25.2 Å². The third-order valence-electron chi connectivity index (χ3n) is 2.92. The van der Waals surface area contributed by atoms with Crippen LogP contribution in [0.25, 0.3) is 0 Å². The summed E-state index contributed by atoms with van der Waals surface area (Å²) in [6, 6.07) is 7.45. The number of aliphatic hydroxyl groups is 2. The lowest BCUT2D eigenvalue weighted by Crippen LogP contribution is -2.36. The lowest BCUT2D eigenvalue weighted by molar-refractivity contribution is 0.0683. The maximum absolute atomic E-state index is 12.4. The van der Waals surface area contributed by atoms with Gasteiger partial charge < -0.3 is 20.4 Å².